The lowest BCUT2D eigenvalue weighted by atomic mass is 9.74. The molecule has 0 bridgehead atoms. The van der Waals surface area contributed by atoms with E-state index >= 15 is 0 Å². The Morgan fingerprint density at radius 1 is 1.14 bits per heavy atom. The summed E-state index contributed by atoms with van der Waals surface area (Å²) in [5.74, 6) is -0.302. The number of carbonyl (C=O) groups excluding carboxylic acids is 1. The number of benzene rings is 1. The van der Waals surface area contributed by atoms with Crippen molar-refractivity contribution in [1.82, 2.24) is 0 Å². The zero-order chi connectivity index (χ0) is 21.4. The Bertz CT molecular complexity index is 797. The van der Waals surface area contributed by atoms with Crippen LogP contribution in [0.5, 0.6) is 0 Å². The van der Waals surface area contributed by atoms with Crippen LogP contribution in [0.3, 0.4) is 0 Å². The number of nitrogens with two attached hydrogens (primary N) is 1. The summed E-state index contributed by atoms with van der Waals surface area (Å²) in [6.07, 6.45) is 6.53. The van der Waals surface area contributed by atoms with E-state index in [0.717, 1.165) is 30.4 Å². The average Bonchev–Trinajstić information content (AvgIpc) is 2.67. The number of hydrogen-bond donors (Lipinski definition) is 3. The molecule has 5 nitrogen and oxygen atoms in total. The first-order valence-electron chi connectivity index (χ1n) is 10.5. The van der Waals surface area contributed by atoms with Gasteiger partial charge < -0.3 is 20.7 Å². The summed E-state index contributed by atoms with van der Waals surface area (Å²) in [7, 11) is 0. The second-order valence-electron chi connectivity index (χ2n) is 10.2. The van der Waals surface area contributed by atoms with Crippen molar-refractivity contribution >= 4 is 11.5 Å². The molecule has 4 N–H and O–H groups in total. The maximum Gasteiger partial charge on any atom is 0.249 e. The highest BCUT2D eigenvalue weighted by Crippen LogP contribution is 2.45. The third kappa shape index (κ3) is 4.73. The lowest BCUT2D eigenvalue weighted by Gasteiger charge is -2.47. The molecular weight excluding hydrogens is 366 g/mol. The maximum absolute atomic E-state index is 12.1. The summed E-state index contributed by atoms with van der Waals surface area (Å²) in [5, 5.41) is 19.8. The fourth-order valence-electron chi connectivity index (χ4n) is 4.84. The molecule has 3 rings (SSSR count). The number of primary amides is 1. The number of ether oxygens (including phenoxy) is 1. The number of amides is 1. The molecule has 1 aromatic rings. The summed E-state index contributed by atoms with van der Waals surface area (Å²) in [5.41, 5.74) is 8.30. The van der Waals surface area contributed by atoms with Gasteiger partial charge in [-0.2, -0.15) is 0 Å². The van der Waals surface area contributed by atoms with Gasteiger partial charge in [0.25, 0.3) is 0 Å². The van der Waals surface area contributed by atoms with Gasteiger partial charge in [-0.15, -0.1) is 0 Å². The third-order valence-electron chi connectivity index (χ3n) is 6.62. The summed E-state index contributed by atoms with van der Waals surface area (Å²) >= 11 is 0. The molecule has 0 aromatic heterocycles. The van der Waals surface area contributed by atoms with Crippen LogP contribution in [0.2, 0.25) is 0 Å². The number of allylic oxidation sites excluding steroid dienone is 2. The zero-order valence-electron chi connectivity index (χ0n) is 18.1. The zero-order valence-corrected chi connectivity index (χ0v) is 18.1. The van der Waals surface area contributed by atoms with E-state index in [4.69, 9.17) is 10.5 Å². The maximum atomic E-state index is 12.1. The second-order valence-corrected chi connectivity index (χ2v) is 10.2. The van der Waals surface area contributed by atoms with E-state index in [0.29, 0.717) is 18.4 Å². The van der Waals surface area contributed by atoms with Crippen molar-refractivity contribution in [2.45, 2.75) is 76.9 Å². The third-order valence-corrected chi connectivity index (χ3v) is 6.62. The van der Waals surface area contributed by atoms with Crippen molar-refractivity contribution in [3.05, 3.63) is 41.0 Å². The molecule has 160 valence electrons. The van der Waals surface area contributed by atoms with E-state index in [1.165, 1.54) is 5.57 Å². The molecule has 1 heterocycles. The Kier molecular flexibility index (Phi) is 5.96. The SMILES string of the molecule is CC1(C)CC=C(c2cc([C@@H]3C[C@](C)(CO)O[C@](C)(CO)C3)ccc2C(N)=O)CC1. The molecule has 3 atom stereocenters. The molecular formula is C24H35NO4. The van der Waals surface area contributed by atoms with E-state index < -0.39 is 17.1 Å². The number of aliphatic hydroxyl groups is 2. The lowest BCUT2D eigenvalue weighted by Crippen LogP contribution is -2.51. The lowest BCUT2D eigenvalue weighted by molar-refractivity contribution is -0.208. The number of rotatable bonds is 5. The number of carbonyl (C=O) groups is 1. The Morgan fingerprint density at radius 2 is 1.76 bits per heavy atom. The summed E-state index contributed by atoms with van der Waals surface area (Å²) in [6, 6.07) is 5.88. The largest absolute Gasteiger partial charge is 0.393 e. The van der Waals surface area contributed by atoms with Crippen LogP contribution < -0.4 is 5.73 Å². The van der Waals surface area contributed by atoms with Crippen LogP contribution in [0.4, 0.5) is 0 Å². The monoisotopic (exact) mass is 401 g/mol. The topological polar surface area (TPSA) is 92.8 Å². The highest BCUT2D eigenvalue weighted by atomic mass is 16.5. The number of hydrogen-bond acceptors (Lipinski definition) is 4. The minimum atomic E-state index is -0.711. The van der Waals surface area contributed by atoms with E-state index in [1.807, 2.05) is 26.0 Å². The quantitative estimate of drug-likeness (QED) is 0.700. The molecule has 1 amide bonds. The van der Waals surface area contributed by atoms with Gasteiger partial charge in [0, 0.05) is 5.56 Å². The summed E-state index contributed by atoms with van der Waals surface area (Å²) in [6.45, 7) is 8.09. The molecule has 2 aliphatic rings. The first kappa shape index (κ1) is 22.0. The van der Waals surface area contributed by atoms with Crippen LogP contribution in [0.15, 0.2) is 24.3 Å². The molecule has 1 fully saturated rings. The van der Waals surface area contributed by atoms with Gasteiger partial charge in [0.2, 0.25) is 5.91 Å². The van der Waals surface area contributed by atoms with Gasteiger partial charge in [0.1, 0.15) is 0 Å². The predicted molar refractivity (Wildman–Crippen MR) is 115 cm³/mol. The van der Waals surface area contributed by atoms with Gasteiger partial charge >= 0.3 is 0 Å². The van der Waals surface area contributed by atoms with Gasteiger partial charge in [-0.3, -0.25) is 4.79 Å². The van der Waals surface area contributed by atoms with Crippen LogP contribution in [0.25, 0.3) is 5.57 Å². The van der Waals surface area contributed by atoms with Gasteiger partial charge in [-0.1, -0.05) is 32.1 Å². The highest BCUT2D eigenvalue weighted by Gasteiger charge is 2.44. The predicted octanol–water partition coefficient (Wildman–Crippen LogP) is 3.78. The molecule has 1 saturated heterocycles. The van der Waals surface area contributed by atoms with E-state index in [-0.39, 0.29) is 24.5 Å². The Morgan fingerprint density at radius 3 is 2.24 bits per heavy atom. The Balaban J connectivity index is 2.00. The van der Waals surface area contributed by atoms with Crippen molar-refractivity contribution in [1.29, 1.82) is 0 Å². The highest BCUT2D eigenvalue weighted by molar-refractivity contribution is 5.98. The van der Waals surface area contributed by atoms with Gasteiger partial charge in [-0.25, -0.2) is 0 Å². The van der Waals surface area contributed by atoms with E-state index in [9.17, 15) is 15.0 Å². The molecule has 29 heavy (non-hydrogen) atoms. The average molecular weight is 402 g/mol. The molecule has 1 aromatic carbocycles. The van der Waals surface area contributed by atoms with Gasteiger partial charge in [0.15, 0.2) is 0 Å². The molecule has 0 radical (unpaired) electrons. The van der Waals surface area contributed by atoms with E-state index in [2.05, 4.69) is 26.0 Å². The molecule has 0 saturated carbocycles. The molecule has 0 unspecified atom stereocenters. The standard InChI is InChI=1S/C24H35NO4/c1-22(2)9-7-16(8-10-22)20-11-17(5-6-19(20)21(25)28)18-12-23(3,14-26)29-24(4,13-18)15-27/h5-7,11,18,26-27H,8-10,12-15H2,1-4H3,(H2,25,28)/t18-,23-,24+. The van der Waals surface area contributed by atoms with Crippen LogP contribution in [-0.4, -0.2) is 40.5 Å². The fraction of sp³-hybridized carbons (Fsp3) is 0.625. The molecule has 1 aliphatic heterocycles. The Labute approximate surface area is 174 Å². The first-order valence-corrected chi connectivity index (χ1v) is 10.5. The van der Waals surface area contributed by atoms with Gasteiger partial charge in [0.05, 0.1) is 24.4 Å². The van der Waals surface area contributed by atoms with Crippen molar-refractivity contribution in [2.75, 3.05) is 13.2 Å². The fourth-order valence-corrected chi connectivity index (χ4v) is 4.84. The van der Waals surface area contributed by atoms with Crippen molar-refractivity contribution in [2.24, 2.45) is 11.1 Å². The van der Waals surface area contributed by atoms with Crippen LogP contribution >= 0.6 is 0 Å². The van der Waals surface area contributed by atoms with Crippen molar-refractivity contribution in [3.63, 3.8) is 0 Å². The van der Waals surface area contributed by atoms with E-state index in [1.54, 1.807) is 0 Å². The second kappa shape index (κ2) is 7.86. The molecule has 1 aliphatic carbocycles. The van der Waals surface area contributed by atoms with Crippen LogP contribution in [0.1, 0.15) is 87.2 Å². The number of aliphatic hydroxyl groups excluding tert-OH is 2. The molecule has 0 spiro atoms. The smallest absolute Gasteiger partial charge is 0.249 e. The summed E-state index contributed by atoms with van der Waals surface area (Å²) in [4.78, 5) is 12.1. The van der Waals surface area contributed by atoms with Crippen molar-refractivity contribution < 1.29 is 19.7 Å². The molecule has 5 heteroatoms. The van der Waals surface area contributed by atoms with Gasteiger partial charge in [-0.05, 0) is 80.1 Å². The minimum absolute atomic E-state index is 0.106. The van der Waals surface area contributed by atoms with Crippen LogP contribution in [-0.2, 0) is 4.74 Å². The first-order chi connectivity index (χ1) is 13.5. The summed E-state index contributed by atoms with van der Waals surface area (Å²) < 4.78 is 6.06. The van der Waals surface area contributed by atoms with Crippen LogP contribution in [0, 0.1) is 5.41 Å². The normalized spacial score (nSPS) is 31.9. The Hall–Kier alpha value is -1.69. The minimum Gasteiger partial charge on any atom is -0.393 e. The van der Waals surface area contributed by atoms with Crippen molar-refractivity contribution in [3.8, 4) is 0 Å².